The minimum absolute atomic E-state index is 0. The molecule has 4 aromatic rings. The maximum Gasteiger partial charge on any atom is 0.303 e. The lowest BCUT2D eigenvalue weighted by molar-refractivity contribution is -0.136. The molecule has 39 heavy (non-hydrogen) atoms. The zero-order valence-corrected chi connectivity index (χ0v) is 23.5. The van der Waals surface area contributed by atoms with Crippen LogP contribution in [-0.2, 0) is 17.8 Å². The first kappa shape index (κ1) is 31.4. The molecule has 0 fully saturated rings. The van der Waals surface area contributed by atoms with Crippen LogP contribution in [0.5, 0.6) is 17.5 Å². The van der Waals surface area contributed by atoms with Crippen molar-refractivity contribution in [2.24, 2.45) is 0 Å². The van der Waals surface area contributed by atoms with Crippen LogP contribution in [0, 0.1) is 19.7 Å². The van der Waals surface area contributed by atoms with Crippen molar-refractivity contribution in [1.29, 1.82) is 0 Å². The van der Waals surface area contributed by atoms with Gasteiger partial charge in [-0.2, -0.15) is 4.98 Å². The Kier molecular flexibility index (Phi) is 11.6. The number of aromatic nitrogens is 1. The fourth-order valence-electron chi connectivity index (χ4n) is 4.27. The number of aliphatic carboxylic acids is 1. The predicted octanol–water partition coefficient (Wildman–Crippen LogP) is 7.78. The molecule has 0 spiro atoms. The van der Waals surface area contributed by atoms with Crippen LogP contribution < -0.4 is 14.8 Å². The van der Waals surface area contributed by atoms with E-state index in [2.05, 4.69) is 22.4 Å². The highest BCUT2D eigenvalue weighted by Gasteiger charge is 2.11. The molecule has 0 aliphatic carbocycles. The minimum atomic E-state index is -0.942. The molecule has 0 saturated carbocycles. The van der Waals surface area contributed by atoms with Gasteiger partial charge < -0.3 is 19.9 Å². The fraction of sp³-hybridized carbons (Fsp3) is 0.200. The van der Waals surface area contributed by atoms with Gasteiger partial charge in [-0.3, -0.25) is 4.79 Å². The first-order chi connectivity index (χ1) is 17.8. The Bertz CT molecular complexity index is 1410. The average Bonchev–Trinajstić information content (AvgIpc) is 2.87. The van der Waals surface area contributed by atoms with Crippen LogP contribution in [0.15, 0.2) is 72.8 Å². The number of rotatable bonds is 10. The summed E-state index contributed by atoms with van der Waals surface area (Å²) in [5, 5.41) is 12.1. The Balaban J connectivity index is 0.00000267. The van der Waals surface area contributed by atoms with E-state index in [1.807, 2.05) is 44.2 Å². The molecule has 1 heterocycles. The number of ether oxygens (including phenoxy) is 2. The standard InChI is InChI=1S/C30H29FN2O4.2ClH/c1-19-14-25(37-28-9-5-8-27(33-28)36-3)15-20(2)30(19)23-7-4-6-21(16-23)18-32-24-12-10-22(26(31)17-24)11-13-29(34)35;;/h4-10,12,14-17,32H,11,13,18H2,1-3H3,(H,34,35);2*1H. The van der Waals surface area contributed by atoms with Gasteiger partial charge in [0.05, 0.1) is 7.11 Å². The van der Waals surface area contributed by atoms with E-state index >= 15 is 0 Å². The molecule has 0 radical (unpaired) electrons. The van der Waals surface area contributed by atoms with E-state index in [4.69, 9.17) is 14.6 Å². The number of anilines is 1. The molecule has 2 N–H and O–H groups in total. The highest BCUT2D eigenvalue weighted by Crippen LogP contribution is 2.33. The highest BCUT2D eigenvalue weighted by molar-refractivity contribution is 5.85. The first-order valence-electron chi connectivity index (χ1n) is 12.0. The van der Waals surface area contributed by atoms with Crippen molar-refractivity contribution in [2.45, 2.75) is 33.2 Å². The fourth-order valence-corrected chi connectivity index (χ4v) is 4.27. The molecular formula is C30H31Cl2FN2O4. The third kappa shape index (κ3) is 8.34. The van der Waals surface area contributed by atoms with Gasteiger partial charge in [0.15, 0.2) is 0 Å². The van der Waals surface area contributed by atoms with Gasteiger partial charge in [0.1, 0.15) is 11.6 Å². The number of carboxylic acid groups (broad SMARTS) is 1. The van der Waals surface area contributed by atoms with Crippen molar-refractivity contribution in [1.82, 2.24) is 4.98 Å². The molecular weight excluding hydrogens is 542 g/mol. The van der Waals surface area contributed by atoms with Gasteiger partial charge in [-0.05, 0) is 84.0 Å². The van der Waals surface area contributed by atoms with Crippen molar-refractivity contribution in [3.05, 3.63) is 101 Å². The zero-order valence-electron chi connectivity index (χ0n) is 21.9. The molecule has 3 aromatic carbocycles. The van der Waals surface area contributed by atoms with Gasteiger partial charge in [0, 0.05) is 30.8 Å². The summed E-state index contributed by atoms with van der Waals surface area (Å²) in [5.74, 6) is 0.307. The second kappa shape index (κ2) is 14.4. The van der Waals surface area contributed by atoms with E-state index in [-0.39, 0.29) is 37.7 Å². The van der Waals surface area contributed by atoms with Crippen molar-refractivity contribution in [3.63, 3.8) is 0 Å². The van der Waals surface area contributed by atoms with Gasteiger partial charge in [-0.1, -0.05) is 30.3 Å². The van der Waals surface area contributed by atoms with Crippen LogP contribution in [0.4, 0.5) is 10.1 Å². The Morgan fingerprint density at radius 1 is 0.949 bits per heavy atom. The van der Waals surface area contributed by atoms with Gasteiger partial charge in [0.25, 0.3) is 0 Å². The van der Waals surface area contributed by atoms with Gasteiger partial charge in [0.2, 0.25) is 11.8 Å². The van der Waals surface area contributed by atoms with Crippen LogP contribution in [0.1, 0.15) is 28.7 Å². The van der Waals surface area contributed by atoms with Crippen LogP contribution in [-0.4, -0.2) is 23.2 Å². The Morgan fingerprint density at radius 2 is 1.64 bits per heavy atom. The lowest BCUT2D eigenvalue weighted by Gasteiger charge is -2.15. The van der Waals surface area contributed by atoms with E-state index in [1.165, 1.54) is 6.07 Å². The van der Waals surface area contributed by atoms with E-state index < -0.39 is 11.8 Å². The summed E-state index contributed by atoms with van der Waals surface area (Å²) in [7, 11) is 1.57. The van der Waals surface area contributed by atoms with Crippen molar-refractivity contribution < 1.29 is 23.8 Å². The Labute approximate surface area is 240 Å². The van der Waals surface area contributed by atoms with Crippen molar-refractivity contribution in [3.8, 4) is 28.6 Å². The van der Waals surface area contributed by atoms with Crippen LogP contribution in [0.2, 0.25) is 0 Å². The number of carbonyl (C=O) groups is 1. The molecule has 0 bridgehead atoms. The molecule has 0 atom stereocenters. The van der Waals surface area contributed by atoms with E-state index in [1.54, 1.807) is 31.4 Å². The third-order valence-electron chi connectivity index (χ3n) is 6.01. The minimum Gasteiger partial charge on any atom is -0.481 e. The second-order valence-corrected chi connectivity index (χ2v) is 8.81. The van der Waals surface area contributed by atoms with Crippen LogP contribution in [0.25, 0.3) is 11.1 Å². The average molecular weight is 573 g/mol. The highest BCUT2D eigenvalue weighted by atomic mass is 35.5. The topological polar surface area (TPSA) is 80.7 Å². The number of methoxy groups -OCH3 is 1. The molecule has 1 aromatic heterocycles. The number of pyridine rings is 1. The number of nitrogens with zero attached hydrogens (tertiary/aromatic N) is 1. The number of halogens is 3. The number of nitrogens with one attached hydrogen (secondary N) is 1. The molecule has 0 aliphatic heterocycles. The smallest absolute Gasteiger partial charge is 0.303 e. The predicted molar refractivity (Wildman–Crippen MR) is 156 cm³/mol. The lowest BCUT2D eigenvalue weighted by atomic mass is 9.94. The Morgan fingerprint density at radius 3 is 2.31 bits per heavy atom. The Hall–Kier alpha value is -3.81. The maximum atomic E-state index is 14.4. The van der Waals surface area contributed by atoms with Crippen LogP contribution >= 0.6 is 24.8 Å². The summed E-state index contributed by atoms with van der Waals surface area (Å²) in [5.41, 5.74) is 6.44. The SMILES string of the molecule is COc1cccc(Oc2cc(C)c(-c3cccc(CNc4ccc(CCC(=O)O)c(F)c4)c3)c(C)c2)n1.Cl.Cl. The summed E-state index contributed by atoms with van der Waals surface area (Å²) < 4.78 is 25.5. The molecule has 0 unspecified atom stereocenters. The molecule has 6 nitrogen and oxygen atoms in total. The van der Waals surface area contributed by atoms with Gasteiger partial charge >= 0.3 is 5.97 Å². The lowest BCUT2D eigenvalue weighted by Crippen LogP contribution is -2.03. The summed E-state index contributed by atoms with van der Waals surface area (Å²) >= 11 is 0. The third-order valence-corrected chi connectivity index (χ3v) is 6.01. The van der Waals surface area contributed by atoms with E-state index in [9.17, 15) is 9.18 Å². The van der Waals surface area contributed by atoms with E-state index in [0.29, 0.717) is 35.3 Å². The molecule has 4 rings (SSSR count). The summed E-state index contributed by atoms with van der Waals surface area (Å²) in [4.78, 5) is 15.1. The molecule has 0 saturated heterocycles. The van der Waals surface area contributed by atoms with E-state index in [0.717, 1.165) is 27.8 Å². The number of carboxylic acids is 1. The number of benzene rings is 3. The first-order valence-corrected chi connectivity index (χ1v) is 12.0. The maximum absolute atomic E-state index is 14.4. The molecule has 9 heteroatoms. The number of aryl methyl sites for hydroxylation is 3. The molecule has 0 aliphatic rings. The zero-order chi connectivity index (χ0) is 26.4. The van der Waals surface area contributed by atoms with Crippen LogP contribution in [0.3, 0.4) is 0 Å². The molecule has 0 amide bonds. The quantitative estimate of drug-likeness (QED) is 0.202. The van der Waals surface area contributed by atoms with Gasteiger partial charge in [-0.15, -0.1) is 24.8 Å². The summed E-state index contributed by atoms with van der Waals surface area (Å²) in [6.07, 6.45) is 0.0718. The molecule has 206 valence electrons. The monoisotopic (exact) mass is 572 g/mol. The normalized spacial score (nSPS) is 10.2. The van der Waals surface area contributed by atoms with Crippen molar-refractivity contribution in [2.75, 3.05) is 12.4 Å². The summed E-state index contributed by atoms with van der Waals surface area (Å²) in [6, 6.07) is 22.4. The van der Waals surface area contributed by atoms with Crippen molar-refractivity contribution >= 4 is 36.5 Å². The largest absolute Gasteiger partial charge is 0.481 e. The van der Waals surface area contributed by atoms with Gasteiger partial charge in [-0.25, -0.2) is 4.39 Å². The number of hydrogen-bond acceptors (Lipinski definition) is 5. The summed E-state index contributed by atoms with van der Waals surface area (Å²) in [6.45, 7) is 4.62. The number of hydrogen-bond donors (Lipinski definition) is 2. The second-order valence-electron chi connectivity index (χ2n) is 8.81.